The second-order valence-electron chi connectivity index (χ2n) is 6.09. The number of piperidine rings is 1. The predicted octanol–water partition coefficient (Wildman–Crippen LogP) is 2.90. The Balaban J connectivity index is 1.44. The third kappa shape index (κ3) is 3.92. The maximum absolute atomic E-state index is 12.3. The summed E-state index contributed by atoms with van der Waals surface area (Å²) in [6, 6.07) is 10.0. The molecule has 1 aliphatic rings. The maximum Gasteiger partial charge on any atom is 0.271 e. The smallest absolute Gasteiger partial charge is 0.271 e. The number of hydrogen-bond acceptors (Lipinski definition) is 3. The largest absolute Gasteiger partial charge is 0.497 e. The fraction of sp³-hybridized carbons (Fsp3) is 0.444. The number of carbonyl (C=O) groups excluding carboxylic acids is 1. The van der Waals surface area contributed by atoms with E-state index in [1.165, 1.54) is 12.0 Å². The van der Waals surface area contributed by atoms with E-state index in [1.807, 2.05) is 17.0 Å². The van der Waals surface area contributed by atoms with Crippen molar-refractivity contribution < 1.29 is 9.53 Å². The topological polar surface area (TPSA) is 58.2 Å². The van der Waals surface area contributed by atoms with Crippen LogP contribution in [0.5, 0.6) is 5.75 Å². The lowest BCUT2D eigenvalue weighted by molar-refractivity contribution is 0.0681. The number of aromatic amines is 1. The number of ether oxygens (including phenoxy) is 1. The van der Waals surface area contributed by atoms with E-state index in [9.17, 15) is 4.79 Å². The summed E-state index contributed by atoms with van der Waals surface area (Å²) < 4.78 is 5.18. The number of aryl methyl sites for hydroxylation is 1. The number of likely N-dealkylation sites (tertiary alicyclic amines) is 1. The summed E-state index contributed by atoms with van der Waals surface area (Å²) in [4.78, 5) is 14.2. The molecule has 1 aliphatic heterocycles. The van der Waals surface area contributed by atoms with Crippen molar-refractivity contribution in [3.05, 3.63) is 47.8 Å². The first-order valence-corrected chi connectivity index (χ1v) is 8.18. The van der Waals surface area contributed by atoms with Gasteiger partial charge in [-0.3, -0.25) is 9.89 Å². The Bertz CT molecular complexity index is 614. The van der Waals surface area contributed by atoms with Gasteiger partial charge in [0, 0.05) is 19.3 Å². The van der Waals surface area contributed by atoms with Gasteiger partial charge in [0.2, 0.25) is 0 Å². The summed E-state index contributed by atoms with van der Waals surface area (Å²) in [7, 11) is 1.69. The van der Waals surface area contributed by atoms with Crippen molar-refractivity contribution in [3.8, 4) is 5.75 Å². The Hall–Kier alpha value is -2.30. The number of nitrogens with one attached hydrogen (secondary N) is 1. The van der Waals surface area contributed by atoms with E-state index in [-0.39, 0.29) is 5.91 Å². The van der Waals surface area contributed by atoms with Crippen LogP contribution in [-0.4, -0.2) is 41.2 Å². The number of H-pyrrole nitrogens is 1. The number of hydrogen-bond donors (Lipinski definition) is 1. The fourth-order valence-corrected chi connectivity index (χ4v) is 3.13. The number of methoxy groups -OCH3 is 1. The molecule has 2 heterocycles. The lowest BCUT2D eigenvalue weighted by Crippen LogP contribution is -2.38. The van der Waals surface area contributed by atoms with Crippen LogP contribution in [0.15, 0.2) is 36.5 Å². The number of aromatic nitrogens is 2. The first kappa shape index (κ1) is 15.6. The van der Waals surface area contributed by atoms with Gasteiger partial charge >= 0.3 is 0 Å². The summed E-state index contributed by atoms with van der Waals surface area (Å²) in [5, 5.41) is 6.60. The van der Waals surface area contributed by atoms with E-state index in [1.54, 1.807) is 19.4 Å². The minimum absolute atomic E-state index is 0.0658. The number of benzene rings is 1. The SMILES string of the molecule is COc1ccc(CCC2CCN(C(=O)c3ccn[nH]3)CC2)cc1. The molecule has 1 fully saturated rings. The van der Waals surface area contributed by atoms with E-state index in [2.05, 4.69) is 22.3 Å². The van der Waals surface area contributed by atoms with Crippen LogP contribution in [0.1, 0.15) is 35.3 Å². The number of nitrogens with zero attached hydrogens (tertiary/aromatic N) is 2. The molecule has 1 N–H and O–H groups in total. The van der Waals surface area contributed by atoms with Crippen LogP contribution in [0, 0.1) is 5.92 Å². The molecule has 0 saturated carbocycles. The van der Waals surface area contributed by atoms with E-state index >= 15 is 0 Å². The number of amides is 1. The third-order valence-corrected chi connectivity index (χ3v) is 4.63. The van der Waals surface area contributed by atoms with Crippen molar-refractivity contribution in [1.82, 2.24) is 15.1 Å². The van der Waals surface area contributed by atoms with Crippen LogP contribution in [0.4, 0.5) is 0 Å². The summed E-state index contributed by atoms with van der Waals surface area (Å²) in [6.45, 7) is 1.68. The molecular weight excluding hydrogens is 290 g/mol. The molecule has 1 amide bonds. The molecular formula is C18H23N3O2. The van der Waals surface area contributed by atoms with Gasteiger partial charge in [-0.2, -0.15) is 5.10 Å². The molecule has 0 spiro atoms. The lowest BCUT2D eigenvalue weighted by Gasteiger charge is -2.31. The van der Waals surface area contributed by atoms with Crippen molar-refractivity contribution in [3.63, 3.8) is 0 Å². The molecule has 3 rings (SSSR count). The van der Waals surface area contributed by atoms with E-state index < -0.39 is 0 Å². The highest BCUT2D eigenvalue weighted by Gasteiger charge is 2.24. The highest BCUT2D eigenvalue weighted by atomic mass is 16.5. The van der Waals surface area contributed by atoms with Gasteiger partial charge in [-0.1, -0.05) is 12.1 Å². The normalized spacial score (nSPS) is 15.6. The van der Waals surface area contributed by atoms with Crippen molar-refractivity contribution in [2.45, 2.75) is 25.7 Å². The quantitative estimate of drug-likeness (QED) is 0.923. The first-order valence-electron chi connectivity index (χ1n) is 8.18. The molecule has 0 unspecified atom stereocenters. The van der Waals surface area contributed by atoms with E-state index in [0.717, 1.165) is 38.1 Å². The molecule has 0 radical (unpaired) electrons. The van der Waals surface area contributed by atoms with Gasteiger partial charge in [0.15, 0.2) is 0 Å². The molecule has 0 aliphatic carbocycles. The maximum atomic E-state index is 12.3. The van der Waals surface area contributed by atoms with E-state index in [4.69, 9.17) is 4.74 Å². The second kappa shape index (κ2) is 7.31. The average Bonchev–Trinajstić information content (AvgIpc) is 3.15. The minimum atomic E-state index is 0.0658. The predicted molar refractivity (Wildman–Crippen MR) is 88.5 cm³/mol. The molecule has 5 nitrogen and oxygen atoms in total. The molecule has 1 saturated heterocycles. The van der Waals surface area contributed by atoms with E-state index in [0.29, 0.717) is 11.6 Å². The van der Waals surface area contributed by atoms with Crippen LogP contribution in [0.25, 0.3) is 0 Å². The molecule has 23 heavy (non-hydrogen) atoms. The zero-order valence-corrected chi connectivity index (χ0v) is 13.5. The monoisotopic (exact) mass is 313 g/mol. The molecule has 0 atom stereocenters. The van der Waals surface area contributed by atoms with Gasteiger partial charge in [-0.25, -0.2) is 0 Å². The van der Waals surface area contributed by atoms with Crippen LogP contribution in [0.3, 0.4) is 0 Å². The zero-order chi connectivity index (χ0) is 16.1. The molecule has 1 aromatic carbocycles. The van der Waals surface area contributed by atoms with Crippen molar-refractivity contribution in [1.29, 1.82) is 0 Å². The van der Waals surface area contributed by atoms with Crippen LogP contribution in [-0.2, 0) is 6.42 Å². The summed E-state index contributed by atoms with van der Waals surface area (Å²) in [5.41, 5.74) is 1.93. The summed E-state index contributed by atoms with van der Waals surface area (Å²) in [6.07, 6.45) is 6.04. The van der Waals surface area contributed by atoms with Crippen LogP contribution < -0.4 is 4.74 Å². The molecule has 0 bridgehead atoms. The second-order valence-corrected chi connectivity index (χ2v) is 6.09. The van der Waals surface area contributed by atoms with Crippen molar-refractivity contribution >= 4 is 5.91 Å². The van der Waals surface area contributed by atoms with Gasteiger partial charge in [0.05, 0.1) is 7.11 Å². The Morgan fingerprint density at radius 2 is 2.00 bits per heavy atom. The molecule has 2 aromatic rings. The van der Waals surface area contributed by atoms with Gasteiger partial charge in [-0.15, -0.1) is 0 Å². The Kier molecular flexibility index (Phi) is 4.95. The average molecular weight is 313 g/mol. The van der Waals surface area contributed by atoms with Crippen molar-refractivity contribution in [2.75, 3.05) is 20.2 Å². The van der Waals surface area contributed by atoms with Gasteiger partial charge in [0.1, 0.15) is 11.4 Å². The minimum Gasteiger partial charge on any atom is -0.497 e. The molecule has 5 heteroatoms. The standard InChI is InChI=1S/C18H23N3O2/c1-23-16-6-4-14(5-7-16)2-3-15-9-12-21(13-10-15)18(22)17-8-11-19-20-17/h4-8,11,15H,2-3,9-10,12-13H2,1H3,(H,19,20). The van der Waals surface area contributed by atoms with Gasteiger partial charge < -0.3 is 9.64 Å². The number of carbonyl (C=O) groups is 1. The van der Waals surface area contributed by atoms with Crippen molar-refractivity contribution in [2.24, 2.45) is 5.92 Å². The Morgan fingerprint density at radius 3 is 2.61 bits per heavy atom. The summed E-state index contributed by atoms with van der Waals surface area (Å²) >= 11 is 0. The Morgan fingerprint density at radius 1 is 1.26 bits per heavy atom. The molecule has 1 aromatic heterocycles. The lowest BCUT2D eigenvalue weighted by atomic mass is 9.90. The fourth-order valence-electron chi connectivity index (χ4n) is 3.13. The Labute approximate surface area is 136 Å². The first-order chi connectivity index (χ1) is 11.3. The highest BCUT2D eigenvalue weighted by Crippen LogP contribution is 2.24. The molecule has 122 valence electrons. The van der Waals surface area contributed by atoms with Gasteiger partial charge in [-0.05, 0) is 55.4 Å². The third-order valence-electron chi connectivity index (χ3n) is 4.63. The zero-order valence-electron chi connectivity index (χ0n) is 13.5. The van der Waals surface area contributed by atoms with Crippen LogP contribution in [0.2, 0.25) is 0 Å². The number of rotatable bonds is 5. The van der Waals surface area contributed by atoms with Crippen LogP contribution >= 0.6 is 0 Å². The van der Waals surface area contributed by atoms with Gasteiger partial charge in [0.25, 0.3) is 5.91 Å². The summed E-state index contributed by atoms with van der Waals surface area (Å²) in [5.74, 6) is 1.67. The highest BCUT2D eigenvalue weighted by molar-refractivity contribution is 5.92.